The highest BCUT2D eigenvalue weighted by molar-refractivity contribution is 7.89. The van der Waals surface area contributed by atoms with Gasteiger partial charge in [0.05, 0.1) is 23.7 Å². The summed E-state index contributed by atoms with van der Waals surface area (Å²) < 4.78 is 34.4. The minimum absolute atomic E-state index is 0.0499. The molecule has 0 radical (unpaired) electrons. The van der Waals surface area contributed by atoms with E-state index in [2.05, 4.69) is 5.10 Å². The van der Waals surface area contributed by atoms with Gasteiger partial charge in [-0.1, -0.05) is 42.5 Å². The Balaban J connectivity index is 1.58. The minimum Gasteiger partial charge on any atom is -0.464 e. The number of carbonyl (C=O) groups excluding carboxylic acids is 2. The average Bonchev–Trinajstić information content (AvgIpc) is 3.26. The van der Waals surface area contributed by atoms with Crippen molar-refractivity contribution >= 4 is 21.8 Å². The molecule has 1 aliphatic rings. The van der Waals surface area contributed by atoms with E-state index in [4.69, 9.17) is 10.6 Å². The Labute approximate surface area is 198 Å². The number of rotatable bonds is 8. The maximum Gasteiger partial charge on any atom is 0.302 e. The molecule has 9 nitrogen and oxygen atoms in total. The normalized spacial score (nSPS) is 15.7. The third-order valence-electron chi connectivity index (χ3n) is 5.85. The SMILES string of the molecule is CC(=O)OCCn1ncc2c1CCCC2N(N)S(=O)(=O)c1cccc(C(=O)c2ccccc2)c1. The van der Waals surface area contributed by atoms with Crippen LogP contribution < -0.4 is 5.84 Å². The summed E-state index contributed by atoms with van der Waals surface area (Å²) in [5, 5.41) is 4.36. The first kappa shape index (κ1) is 23.8. The molecule has 0 saturated carbocycles. The van der Waals surface area contributed by atoms with E-state index in [1.165, 1.54) is 25.1 Å². The van der Waals surface area contributed by atoms with Crippen LogP contribution in [0.5, 0.6) is 0 Å². The van der Waals surface area contributed by atoms with Gasteiger partial charge in [0.25, 0.3) is 10.0 Å². The highest BCUT2D eigenvalue weighted by atomic mass is 32.2. The van der Waals surface area contributed by atoms with Gasteiger partial charge < -0.3 is 4.74 Å². The second-order valence-corrected chi connectivity index (χ2v) is 9.92. The zero-order valence-electron chi connectivity index (χ0n) is 18.8. The summed E-state index contributed by atoms with van der Waals surface area (Å²) in [6, 6.07) is 14.0. The maximum absolute atomic E-state index is 13.4. The molecule has 2 aromatic carbocycles. The Morgan fingerprint density at radius 1 is 1.15 bits per heavy atom. The molecule has 0 saturated heterocycles. The summed E-state index contributed by atoms with van der Waals surface area (Å²) in [5.74, 6) is 5.58. The van der Waals surface area contributed by atoms with Crippen molar-refractivity contribution < 1.29 is 22.7 Å². The van der Waals surface area contributed by atoms with Crippen LogP contribution in [-0.4, -0.2) is 41.0 Å². The van der Waals surface area contributed by atoms with Crippen molar-refractivity contribution in [1.29, 1.82) is 0 Å². The lowest BCUT2D eigenvalue weighted by Crippen LogP contribution is -2.41. The molecule has 0 bridgehead atoms. The van der Waals surface area contributed by atoms with Crippen LogP contribution in [0.3, 0.4) is 0 Å². The van der Waals surface area contributed by atoms with Gasteiger partial charge in [0, 0.05) is 29.3 Å². The predicted octanol–water partition coefficient (Wildman–Crippen LogP) is 2.62. The van der Waals surface area contributed by atoms with E-state index in [1.807, 2.05) is 0 Å². The molecule has 1 aromatic heterocycles. The quantitative estimate of drug-likeness (QED) is 0.226. The number of hydrazine groups is 1. The van der Waals surface area contributed by atoms with Gasteiger partial charge in [-0.25, -0.2) is 8.42 Å². The van der Waals surface area contributed by atoms with Gasteiger partial charge >= 0.3 is 5.97 Å². The number of sulfonamides is 1. The number of aromatic nitrogens is 2. The molecular formula is C24H26N4O5S. The fourth-order valence-corrected chi connectivity index (χ4v) is 5.50. The smallest absolute Gasteiger partial charge is 0.302 e. The largest absolute Gasteiger partial charge is 0.464 e. The summed E-state index contributed by atoms with van der Waals surface area (Å²) in [6.07, 6.45) is 3.62. The Kier molecular flexibility index (Phi) is 6.92. The number of benzene rings is 2. The summed E-state index contributed by atoms with van der Waals surface area (Å²) >= 11 is 0. The second-order valence-electron chi connectivity index (χ2n) is 8.08. The van der Waals surface area contributed by atoms with Crippen LogP contribution >= 0.6 is 0 Å². The lowest BCUT2D eigenvalue weighted by atomic mass is 9.93. The standard InChI is InChI=1S/C24H26N4O5S/c1-17(29)33-14-13-27-22-11-6-12-23(21(22)16-26-27)28(25)34(31,32)20-10-5-9-19(15-20)24(30)18-7-3-2-4-8-18/h2-5,7-10,15-16,23H,6,11-14,25H2,1H3. The molecule has 1 atom stereocenters. The van der Waals surface area contributed by atoms with Crippen molar-refractivity contribution in [1.82, 2.24) is 14.2 Å². The molecule has 0 spiro atoms. The van der Waals surface area contributed by atoms with E-state index < -0.39 is 16.1 Å². The van der Waals surface area contributed by atoms with Gasteiger partial charge in [0.2, 0.25) is 0 Å². The number of nitrogens with zero attached hydrogens (tertiary/aromatic N) is 3. The highest BCUT2D eigenvalue weighted by Crippen LogP contribution is 2.35. The molecule has 0 aliphatic heterocycles. The van der Waals surface area contributed by atoms with Gasteiger partial charge in [0.15, 0.2) is 5.78 Å². The number of carbonyl (C=O) groups is 2. The lowest BCUT2D eigenvalue weighted by molar-refractivity contribution is -0.141. The van der Waals surface area contributed by atoms with Crippen LogP contribution in [0, 0.1) is 0 Å². The first-order valence-electron chi connectivity index (χ1n) is 11.0. The van der Waals surface area contributed by atoms with Crippen molar-refractivity contribution in [3.05, 3.63) is 83.2 Å². The molecule has 1 unspecified atom stereocenters. The van der Waals surface area contributed by atoms with Crippen molar-refractivity contribution in [2.24, 2.45) is 5.84 Å². The van der Waals surface area contributed by atoms with Gasteiger partial charge in [-0.05, 0) is 31.4 Å². The third kappa shape index (κ3) is 4.79. The number of fused-ring (bicyclic) bond motifs is 1. The maximum atomic E-state index is 13.4. The van der Waals surface area contributed by atoms with Crippen molar-refractivity contribution in [3.63, 3.8) is 0 Å². The van der Waals surface area contributed by atoms with E-state index >= 15 is 0 Å². The third-order valence-corrected chi connectivity index (χ3v) is 7.51. The van der Waals surface area contributed by atoms with Crippen LogP contribution in [0.15, 0.2) is 65.7 Å². The summed E-state index contributed by atoms with van der Waals surface area (Å²) in [6.45, 7) is 1.90. The molecule has 34 heavy (non-hydrogen) atoms. The Morgan fingerprint density at radius 3 is 2.62 bits per heavy atom. The number of nitrogens with two attached hydrogens (primary N) is 1. The van der Waals surface area contributed by atoms with Crippen LogP contribution in [0.25, 0.3) is 0 Å². The Morgan fingerprint density at radius 2 is 1.88 bits per heavy atom. The molecular weight excluding hydrogens is 456 g/mol. The lowest BCUT2D eigenvalue weighted by Gasteiger charge is -2.30. The van der Waals surface area contributed by atoms with E-state index in [9.17, 15) is 18.0 Å². The Bertz CT molecular complexity index is 1300. The first-order chi connectivity index (χ1) is 16.3. The summed E-state index contributed by atoms with van der Waals surface area (Å²) in [5.41, 5.74) is 2.35. The molecule has 2 N–H and O–H groups in total. The molecule has 178 valence electrons. The van der Waals surface area contributed by atoms with Gasteiger partial charge in [0.1, 0.15) is 6.61 Å². The molecule has 4 rings (SSSR count). The molecule has 1 aliphatic carbocycles. The number of ketones is 1. The van der Waals surface area contributed by atoms with E-state index in [0.29, 0.717) is 18.5 Å². The number of hydrogen-bond donors (Lipinski definition) is 1. The molecule has 0 fully saturated rings. The number of hydrogen-bond acceptors (Lipinski definition) is 7. The van der Waals surface area contributed by atoms with Gasteiger partial charge in [-0.3, -0.25) is 20.1 Å². The highest BCUT2D eigenvalue weighted by Gasteiger charge is 2.35. The molecule has 3 aromatic rings. The monoisotopic (exact) mass is 482 g/mol. The van der Waals surface area contributed by atoms with Crippen molar-refractivity contribution in [3.8, 4) is 0 Å². The first-order valence-corrected chi connectivity index (χ1v) is 12.4. The topological polar surface area (TPSA) is 125 Å². The van der Waals surface area contributed by atoms with Crippen LogP contribution in [-0.2, 0) is 32.5 Å². The second kappa shape index (κ2) is 9.88. The van der Waals surface area contributed by atoms with E-state index in [1.54, 1.807) is 47.3 Å². The van der Waals surface area contributed by atoms with Crippen molar-refractivity contribution in [2.45, 2.75) is 43.7 Å². The van der Waals surface area contributed by atoms with Crippen LogP contribution in [0.4, 0.5) is 0 Å². The van der Waals surface area contributed by atoms with E-state index in [-0.39, 0.29) is 28.8 Å². The minimum atomic E-state index is -4.09. The fraction of sp³-hybridized carbons (Fsp3) is 0.292. The van der Waals surface area contributed by atoms with Gasteiger partial charge in [-0.15, -0.1) is 4.41 Å². The Hall–Kier alpha value is -3.34. The molecule has 10 heteroatoms. The van der Waals surface area contributed by atoms with Gasteiger partial charge in [-0.2, -0.15) is 5.10 Å². The van der Waals surface area contributed by atoms with Crippen molar-refractivity contribution in [2.75, 3.05) is 6.61 Å². The van der Waals surface area contributed by atoms with E-state index in [0.717, 1.165) is 28.5 Å². The number of ether oxygens (including phenoxy) is 1. The molecule has 0 amide bonds. The average molecular weight is 483 g/mol. The zero-order chi connectivity index (χ0) is 24.3. The van der Waals surface area contributed by atoms with Crippen LogP contribution in [0.2, 0.25) is 0 Å². The summed E-state index contributed by atoms with van der Waals surface area (Å²) in [4.78, 5) is 23.8. The number of esters is 1. The predicted molar refractivity (Wildman–Crippen MR) is 124 cm³/mol. The summed E-state index contributed by atoms with van der Waals surface area (Å²) in [7, 11) is -4.09. The zero-order valence-corrected chi connectivity index (χ0v) is 19.6. The van der Waals surface area contributed by atoms with Crippen LogP contribution in [0.1, 0.15) is 53.0 Å². The molecule has 1 heterocycles. The fourth-order valence-electron chi connectivity index (χ4n) is 4.17.